The summed E-state index contributed by atoms with van der Waals surface area (Å²) in [6.07, 6.45) is 21.5. The molecule has 0 N–H and O–H groups in total. The maximum absolute atomic E-state index is 6.92. The number of nitrogens with zero attached hydrogens (tertiary/aromatic N) is 2. The fraction of sp³-hybridized carbons (Fsp3) is 0.588. The Morgan fingerprint density at radius 1 is 1.25 bits per heavy atom. The van der Waals surface area contributed by atoms with Crippen LogP contribution in [0.25, 0.3) is 0 Å². The minimum Gasteiger partial charge on any atom is -0.333 e. The van der Waals surface area contributed by atoms with Gasteiger partial charge in [0.25, 0.3) is 0 Å². The molecule has 2 aliphatic carbocycles. The van der Waals surface area contributed by atoms with Gasteiger partial charge in [-0.05, 0) is 30.8 Å². The van der Waals surface area contributed by atoms with Crippen LogP contribution in [0.1, 0.15) is 44.9 Å². The molecule has 3 rings (SSSR count). The van der Waals surface area contributed by atoms with E-state index in [4.69, 9.17) is 11.6 Å². The smallest absolute Gasteiger partial charge is 0.0949 e. The number of hydrogen-bond donors (Lipinski definition) is 0. The molecule has 1 aromatic heterocycles. The van der Waals surface area contributed by atoms with E-state index in [1.54, 1.807) is 0 Å². The van der Waals surface area contributed by atoms with Crippen molar-refractivity contribution < 1.29 is 0 Å². The van der Waals surface area contributed by atoms with Crippen LogP contribution in [0.4, 0.5) is 0 Å². The van der Waals surface area contributed by atoms with Crippen molar-refractivity contribution in [2.75, 3.05) is 0 Å². The Balaban J connectivity index is 1.64. The SMILES string of the molecule is ClC1(C2CCCCCC2)C=CC(Cn2ccnc2)=CC1. The highest BCUT2D eigenvalue weighted by atomic mass is 35.5. The largest absolute Gasteiger partial charge is 0.333 e. The maximum Gasteiger partial charge on any atom is 0.0949 e. The van der Waals surface area contributed by atoms with Crippen LogP contribution in [0.5, 0.6) is 0 Å². The predicted molar refractivity (Wildman–Crippen MR) is 83.8 cm³/mol. The minimum absolute atomic E-state index is 0.136. The molecule has 0 radical (unpaired) electrons. The molecule has 1 aromatic rings. The highest BCUT2D eigenvalue weighted by Gasteiger charge is 2.34. The van der Waals surface area contributed by atoms with Gasteiger partial charge >= 0.3 is 0 Å². The van der Waals surface area contributed by atoms with Crippen molar-refractivity contribution >= 4 is 11.6 Å². The highest BCUT2D eigenvalue weighted by Crippen LogP contribution is 2.42. The number of allylic oxidation sites excluding steroid dienone is 4. The van der Waals surface area contributed by atoms with E-state index < -0.39 is 0 Å². The number of imidazole rings is 1. The number of halogens is 1. The standard InChI is InChI=1S/C17H23ClN2/c18-17(16-5-3-1-2-4-6-16)9-7-15(8-10-17)13-20-12-11-19-14-20/h7-9,11-12,14,16H,1-6,10,13H2. The van der Waals surface area contributed by atoms with E-state index in [1.165, 1.54) is 44.1 Å². The van der Waals surface area contributed by atoms with Crippen molar-refractivity contribution in [3.05, 3.63) is 42.5 Å². The fourth-order valence-electron chi connectivity index (χ4n) is 3.44. The normalized spacial score (nSPS) is 28.1. The first-order chi connectivity index (χ1) is 9.76. The van der Waals surface area contributed by atoms with Gasteiger partial charge in [0.05, 0.1) is 11.2 Å². The third-order valence-corrected chi connectivity index (χ3v) is 5.30. The van der Waals surface area contributed by atoms with Crippen molar-refractivity contribution in [3.63, 3.8) is 0 Å². The van der Waals surface area contributed by atoms with Gasteiger partial charge in [-0.25, -0.2) is 4.98 Å². The summed E-state index contributed by atoms with van der Waals surface area (Å²) in [6.45, 7) is 0.897. The number of hydrogen-bond acceptors (Lipinski definition) is 1. The van der Waals surface area contributed by atoms with Gasteiger partial charge in [0.15, 0.2) is 0 Å². The van der Waals surface area contributed by atoms with Crippen LogP contribution >= 0.6 is 11.6 Å². The topological polar surface area (TPSA) is 17.8 Å². The van der Waals surface area contributed by atoms with Crippen LogP contribution < -0.4 is 0 Å². The second kappa shape index (κ2) is 6.17. The van der Waals surface area contributed by atoms with Crippen molar-refractivity contribution in [2.45, 2.75) is 56.4 Å². The molecule has 0 saturated heterocycles. The molecule has 1 fully saturated rings. The summed E-state index contributed by atoms with van der Waals surface area (Å²) in [5.74, 6) is 0.647. The van der Waals surface area contributed by atoms with Crippen molar-refractivity contribution in [3.8, 4) is 0 Å². The first kappa shape index (κ1) is 13.9. The van der Waals surface area contributed by atoms with E-state index >= 15 is 0 Å². The minimum atomic E-state index is -0.136. The highest BCUT2D eigenvalue weighted by molar-refractivity contribution is 6.25. The molecule has 0 aliphatic heterocycles. The van der Waals surface area contributed by atoms with Gasteiger partial charge < -0.3 is 4.57 Å². The van der Waals surface area contributed by atoms with Gasteiger partial charge in [-0.1, -0.05) is 43.9 Å². The molecule has 20 heavy (non-hydrogen) atoms. The second-order valence-corrected chi connectivity index (χ2v) is 6.87. The Bertz CT molecular complexity index is 481. The molecule has 0 bridgehead atoms. The summed E-state index contributed by atoms with van der Waals surface area (Å²) in [5.41, 5.74) is 1.34. The summed E-state index contributed by atoms with van der Waals surface area (Å²) in [7, 11) is 0. The van der Waals surface area contributed by atoms with Crippen LogP contribution in [0, 0.1) is 5.92 Å². The van der Waals surface area contributed by atoms with E-state index in [1.807, 2.05) is 18.7 Å². The van der Waals surface area contributed by atoms with Gasteiger partial charge in [-0.15, -0.1) is 11.6 Å². The lowest BCUT2D eigenvalue weighted by Gasteiger charge is -2.34. The molecule has 2 nitrogen and oxygen atoms in total. The Hall–Kier alpha value is -1.02. The zero-order chi connectivity index (χ0) is 13.8. The quantitative estimate of drug-likeness (QED) is 0.582. The monoisotopic (exact) mass is 290 g/mol. The first-order valence-electron chi connectivity index (χ1n) is 7.79. The van der Waals surface area contributed by atoms with Gasteiger partial charge in [0, 0.05) is 18.9 Å². The lowest BCUT2D eigenvalue weighted by atomic mass is 9.80. The molecule has 1 atom stereocenters. The van der Waals surface area contributed by atoms with E-state index in [0.717, 1.165) is 13.0 Å². The second-order valence-electron chi connectivity index (χ2n) is 6.17. The zero-order valence-corrected chi connectivity index (χ0v) is 12.7. The number of rotatable bonds is 3. The summed E-state index contributed by atoms with van der Waals surface area (Å²) in [4.78, 5) is 3.95. The molecule has 3 heteroatoms. The summed E-state index contributed by atoms with van der Waals surface area (Å²) in [5, 5.41) is 0. The molecule has 0 spiro atoms. The van der Waals surface area contributed by atoms with Crippen molar-refractivity contribution in [1.29, 1.82) is 0 Å². The Morgan fingerprint density at radius 3 is 2.65 bits per heavy atom. The number of alkyl halides is 1. The molecule has 0 aromatic carbocycles. The van der Waals surface area contributed by atoms with E-state index in [-0.39, 0.29) is 4.87 Å². The predicted octanol–water partition coefficient (Wildman–Crippen LogP) is 4.72. The summed E-state index contributed by atoms with van der Waals surface area (Å²) in [6, 6.07) is 0. The molecule has 1 heterocycles. The third kappa shape index (κ3) is 3.17. The van der Waals surface area contributed by atoms with E-state index in [0.29, 0.717) is 5.92 Å². The zero-order valence-electron chi connectivity index (χ0n) is 12.0. The average Bonchev–Trinajstić information content (AvgIpc) is 2.80. The molecule has 108 valence electrons. The van der Waals surface area contributed by atoms with Gasteiger partial charge in [0.1, 0.15) is 0 Å². The molecule has 2 aliphatic rings. The molecule has 1 unspecified atom stereocenters. The van der Waals surface area contributed by atoms with Gasteiger partial charge in [-0.3, -0.25) is 0 Å². The lowest BCUT2D eigenvalue weighted by molar-refractivity contribution is 0.375. The lowest BCUT2D eigenvalue weighted by Crippen LogP contribution is -2.30. The Labute approximate surface area is 126 Å². The Kier molecular flexibility index (Phi) is 4.30. The maximum atomic E-state index is 6.92. The molecule has 1 saturated carbocycles. The average molecular weight is 291 g/mol. The summed E-state index contributed by atoms with van der Waals surface area (Å²) >= 11 is 6.92. The molecule has 0 amide bonds. The van der Waals surface area contributed by atoms with E-state index in [2.05, 4.69) is 27.8 Å². The van der Waals surface area contributed by atoms with Crippen LogP contribution in [-0.4, -0.2) is 14.4 Å². The van der Waals surface area contributed by atoms with Crippen LogP contribution in [-0.2, 0) is 6.54 Å². The van der Waals surface area contributed by atoms with Gasteiger partial charge in [0.2, 0.25) is 0 Å². The Morgan fingerprint density at radius 2 is 2.05 bits per heavy atom. The van der Waals surface area contributed by atoms with Crippen molar-refractivity contribution in [2.24, 2.45) is 5.92 Å². The van der Waals surface area contributed by atoms with Crippen LogP contribution in [0.15, 0.2) is 42.5 Å². The van der Waals surface area contributed by atoms with Gasteiger partial charge in [-0.2, -0.15) is 0 Å². The summed E-state index contributed by atoms with van der Waals surface area (Å²) < 4.78 is 2.10. The first-order valence-corrected chi connectivity index (χ1v) is 8.17. The molecular formula is C17H23ClN2. The number of aromatic nitrogens is 2. The third-order valence-electron chi connectivity index (χ3n) is 4.71. The van der Waals surface area contributed by atoms with Crippen LogP contribution in [0.3, 0.4) is 0 Å². The van der Waals surface area contributed by atoms with Crippen molar-refractivity contribution in [1.82, 2.24) is 9.55 Å². The molecular weight excluding hydrogens is 268 g/mol. The van der Waals surface area contributed by atoms with E-state index in [9.17, 15) is 0 Å². The van der Waals surface area contributed by atoms with Crippen LogP contribution in [0.2, 0.25) is 0 Å². The fourth-order valence-corrected chi connectivity index (χ4v) is 3.80.